The van der Waals surface area contributed by atoms with Gasteiger partial charge < -0.3 is 0 Å². The first-order valence-electron chi connectivity index (χ1n) is 6.45. The molecular weight excluding hydrogens is 297 g/mol. The van der Waals surface area contributed by atoms with Crippen LogP contribution in [0.4, 0.5) is 0 Å². The van der Waals surface area contributed by atoms with Crippen molar-refractivity contribution in [1.29, 1.82) is 0 Å². The Morgan fingerprint density at radius 3 is 2.65 bits per heavy atom. The first kappa shape index (κ1) is 15.0. The molecule has 0 N–H and O–H groups in total. The fourth-order valence-corrected chi connectivity index (χ4v) is 2.46. The molecule has 0 saturated carbocycles. The van der Waals surface area contributed by atoms with Crippen molar-refractivity contribution in [2.75, 3.05) is 0 Å². The van der Waals surface area contributed by atoms with Crippen molar-refractivity contribution in [3.8, 4) is 0 Å². The Kier molecular flexibility index (Phi) is 4.78. The first-order chi connectivity index (χ1) is 9.55. The van der Waals surface area contributed by atoms with E-state index in [4.69, 9.17) is 23.2 Å². The molecule has 0 saturated heterocycles. The Morgan fingerprint density at radius 1 is 1.30 bits per heavy atom. The minimum Gasteiger partial charge on any atom is -0.292 e. The summed E-state index contributed by atoms with van der Waals surface area (Å²) in [6.07, 6.45) is 2.50. The van der Waals surface area contributed by atoms with E-state index in [1.54, 1.807) is 0 Å². The quantitative estimate of drug-likeness (QED) is 0.793. The fraction of sp³-hybridized carbons (Fsp3) is 0.357. The van der Waals surface area contributed by atoms with Crippen LogP contribution in [0.25, 0.3) is 0 Å². The maximum Gasteiger partial charge on any atom is 0.188 e. The lowest BCUT2D eigenvalue weighted by Gasteiger charge is -2.05. The van der Waals surface area contributed by atoms with Gasteiger partial charge in [0.15, 0.2) is 5.78 Å². The van der Waals surface area contributed by atoms with Gasteiger partial charge in [-0.05, 0) is 25.5 Å². The molecule has 2 aromatic rings. The number of nitrogens with zero attached hydrogens (tertiary/aromatic N) is 3. The van der Waals surface area contributed by atoms with E-state index in [0.717, 1.165) is 24.4 Å². The van der Waals surface area contributed by atoms with Crippen molar-refractivity contribution in [3.63, 3.8) is 0 Å². The van der Waals surface area contributed by atoms with Crippen LogP contribution in [0.2, 0.25) is 10.0 Å². The van der Waals surface area contributed by atoms with Gasteiger partial charge in [0, 0.05) is 18.4 Å². The zero-order chi connectivity index (χ0) is 14.7. The third kappa shape index (κ3) is 3.19. The van der Waals surface area contributed by atoms with E-state index in [1.807, 2.05) is 24.6 Å². The number of aryl methyl sites for hydroxylation is 2. The van der Waals surface area contributed by atoms with Crippen molar-refractivity contribution in [2.45, 2.75) is 33.2 Å². The Balaban J connectivity index is 2.25. The Bertz CT molecular complexity index is 637. The summed E-state index contributed by atoms with van der Waals surface area (Å²) in [5.41, 5.74) is 2.10. The number of aromatic nitrogens is 3. The summed E-state index contributed by atoms with van der Waals surface area (Å²) in [6, 6.07) is 3.48. The summed E-state index contributed by atoms with van der Waals surface area (Å²) < 4.78 is 1.83. The average Bonchev–Trinajstić information content (AvgIpc) is 2.80. The molecule has 2 aromatic heterocycles. The summed E-state index contributed by atoms with van der Waals surface area (Å²) in [7, 11) is 0. The van der Waals surface area contributed by atoms with Gasteiger partial charge in [-0.15, -0.1) is 0 Å². The number of hydrogen-bond acceptors (Lipinski definition) is 3. The van der Waals surface area contributed by atoms with E-state index < -0.39 is 0 Å². The summed E-state index contributed by atoms with van der Waals surface area (Å²) in [4.78, 5) is 16.3. The molecule has 0 aromatic carbocycles. The summed E-state index contributed by atoms with van der Waals surface area (Å²) in [6.45, 7) is 4.75. The number of Topliss-reactive ketones (excluding diaryl/α,β-unsaturated/α-hetero) is 1. The smallest absolute Gasteiger partial charge is 0.188 e. The van der Waals surface area contributed by atoms with E-state index in [-0.39, 0.29) is 22.9 Å². The van der Waals surface area contributed by atoms with Gasteiger partial charge in [-0.2, -0.15) is 5.10 Å². The molecule has 20 heavy (non-hydrogen) atoms. The van der Waals surface area contributed by atoms with Crippen molar-refractivity contribution in [2.24, 2.45) is 0 Å². The van der Waals surface area contributed by atoms with Crippen LogP contribution < -0.4 is 0 Å². The summed E-state index contributed by atoms with van der Waals surface area (Å²) in [5.74, 6) is -0.135. The van der Waals surface area contributed by atoms with Crippen LogP contribution in [-0.2, 0) is 19.4 Å². The third-order valence-electron chi connectivity index (χ3n) is 2.99. The topological polar surface area (TPSA) is 47.8 Å². The van der Waals surface area contributed by atoms with Crippen LogP contribution in [0.3, 0.4) is 0 Å². The van der Waals surface area contributed by atoms with Crippen LogP contribution >= 0.6 is 23.2 Å². The van der Waals surface area contributed by atoms with Crippen LogP contribution in [0, 0.1) is 0 Å². The fourth-order valence-electron chi connectivity index (χ4n) is 1.97. The lowest BCUT2D eigenvalue weighted by atomic mass is 10.1. The van der Waals surface area contributed by atoms with Gasteiger partial charge in [0.1, 0.15) is 5.69 Å². The number of rotatable bonds is 5. The lowest BCUT2D eigenvalue weighted by Crippen LogP contribution is -2.11. The SMILES string of the molecule is CCc1cc(CC(=O)c2ncc(Cl)cc2Cl)n(CC)n1. The van der Waals surface area contributed by atoms with Gasteiger partial charge in [-0.25, -0.2) is 4.98 Å². The number of carbonyl (C=O) groups is 1. The minimum atomic E-state index is -0.135. The van der Waals surface area contributed by atoms with Gasteiger partial charge in [-0.3, -0.25) is 9.48 Å². The highest BCUT2D eigenvalue weighted by atomic mass is 35.5. The molecule has 4 nitrogen and oxygen atoms in total. The van der Waals surface area contributed by atoms with Crippen LogP contribution in [0.15, 0.2) is 18.3 Å². The molecule has 106 valence electrons. The first-order valence-corrected chi connectivity index (χ1v) is 7.20. The second-order valence-electron chi connectivity index (χ2n) is 4.38. The normalized spacial score (nSPS) is 10.8. The highest BCUT2D eigenvalue weighted by Gasteiger charge is 2.16. The zero-order valence-corrected chi connectivity index (χ0v) is 12.9. The van der Waals surface area contributed by atoms with Gasteiger partial charge in [0.25, 0.3) is 0 Å². The summed E-state index contributed by atoms with van der Waals surface area (Å²) >= 11 is 11.8. The van der Waals surface area contributed by atoms with Gasteiger partial charge in [-0.1, -0.05) is 30.1 Å². The third-order valence-corrected chi connectivity index (χ3v) is 3.48. The number of halogens is 2. The number of pyridine rings is 1. The molecule has 0 atom stereocenters. The molecule has 6 heteroatoms. The number of carbonyl (C=O) groups excluding carboxylic acids is 1. The lowest BCUT2D eigenvalue weighted by molar-refractivity contribution is 0.0986. The van der Waals surface area contributed by atoms with E-state index in [0.29, 0.717) is 5.02 Å². The maximum atomic E-state index is 12.3. The second kappa shape index (κ2) is 6.37. The van der Waals surface area contributed by atoms with E-state index in [9.17, 15) is 4.79 Å². The zero-order valence-electron chi connectivity index (χ0n) is 11.4. The molecule has 0 aliphatic rings. The van der Waals surface area contributed by atoms with E-state index in [2.05, 4.69) is 10.1 Å². The van der Waals surface area contributed by atoms with Gasteiger partial charge in [0.05, 0.1) is 22.2 Å². The van der Waals surface area contributed by atoms with Gasteiger partial charge in [0.2, 0.25) is 0 Å². The number of hydrogen-bond donors (Lipinski definition) is 0. The second-order valence-corrected chi connectivity index (χ2v) is 5.22. The molecule has 0 spiro atoms. The Labute approximate surface area is 127 Å². The monoisotopic (exact) mass is 311 g/mol. The maximum absolute atomic E-state index is 12.3. The van der Waals surface area contributed by atoms with E-state index >= 15 is 0 Å². The van der Waals surface area contributed by atoms with Crippen molar-refractivity contribution in [1.82, 2.24) is 14.8 Å². The highest BCUT2D eigenvalue weighted by molar-refractivity contribution is 6.36. The van der Waals surface area contributed by atoms with Crippen molar-refractivity contribution in [3.05, 3.63) is 45.5 Å². The summed E-state index contributed by atoms with van der Waals surface area (Å²) in [5, 5.41) is 5.11. The van der Waals surface area contributed by atoms with Crippen LogP contribution in [0.5, 0.6) is 0 Å². The molecule has 0 bridgehead atoms. The molecule has 2 heterocycles. The molecule has 0 amide bonds. The molecule has 0 fully saturated rings. The van der Waals surface area contributed by atoms with Crippen LogP contribution in [-0.4, -0.2) is 20.5 Å². The highest BCUT2D eigenvalue weighted by Crippen LogP contribution is 2.20. The predicted molar refractivity (Wildman–Crippen MR) is 79.6 cm³/mol. The molecule has 0 radical (unpaired) electrons. The van der Waals surface area contributed by atoms with E-state index in [1.165, 1.54) is 12.3 Å². The molecular formula is C14H15Cl2N3O. The Morgan fingerprint density at radius 2 is 2.05 bits per heavy atom. The van der Waals surface area contributed by atoms with Crippen LogP contribution in [0.1, 0.15) is 35.7 Å². The molecule has 0 aliphatic heterocycles. The van der Waals surface area contributed by atoms with Crippen molar-refractivity contribution < 1.29 is 4.79 Å². The minimum absolute atomic E-state index is 0.135. The largest absolute Gasteiger partial charge is 0.292 e. The standard InChI is InChI=1S/C14H15Cl2N3O/c1-3-10-6-11(19(4-2)18-10)7-13(20)14-12(16)5-9(15)8-17-14/h5-6,8H,3-4,7H2,1-2H3. The molecule has 0 unspecified atom stereocenters. The molecule has 0 aliphatic carbocycles. The number of ketones is 1. The average molecular weight is 312 g/mol. The van der Waals surface area contributed by atoms with Gasteiger partial charge >= 0.3 is 0 Å². The van der Waals surface area contributed by atoms with Crippen molar-refractivity contribution >= 4 is 29.0 Å². The Hall–Kier alpha value is -1.39. The molecule has 2 rings (SSSR count). The predicted octanol–water partition coefficient (Wildman–Crippen LogP) is 3.59.